The number of hydrogen-bond acceptors (Lipinski definition) is 15. The molecule has 0 amide bonds. The van der Waals surface area contributed by atoms with E-state index in [1.807, 2.05) is 0 Å². The monoisotopic (exact) mass is 583 g/mol. The summed E-state index contributed by atoms with van der Waals surface area (Å²) < 4.78 is 23.2. The second kappa shape index (κ2) is 12.9. The molecule has 19 heteroatoms. The van der Waals surface area contributed by atoms with Gasteiger partial charge in [0.05, 0.1) is 25.4 Å². The molecular formula is C21H41N7O12. The van der Waals surface area contributed by atoms with Gasteiger partial charge in [0.2, 0.25) is 0 Å². The second-order valence-electron chi connectivity index (χ2n) is 10.0. The molecule has 40 heavy (non-hydrogen) atoms. The molecule has 0 aromatic carbocycles. The Morgan fingerprint density at radius 2 is 1.43 bits per heavy atom. The fourth-order valence-corrected chi connectivity index (χ4v) is 5.17. The van der Waals surface area contributed by atoms with Crippen LogP contribution < -0.4 is 28.3 Å². The number of aliphatic imine (C=N–C) groups is 2. The molecule has 0 aromatic rings. The fraction of sp³-hybridized carbons (Fsp3) is 0.905. The average Bonchev–Trinajstić information content (AvgIpc) is 3.13. The lowest BCUT2D eigenvalue weighted by molar-refractivity contribution is -0.317. The molecule has 232 valence electrons. The van der Waals surface area contributed by atoms with Gasteiger partial charge in [-0.15, -0.1) is 0 Å². The Balaban J connectivity index is 1.96. The number of nitrogens with two attached hydrogens (primary N) is 4. The van der Waals surface area contributed by atoms with E-state index < -0.39 is 116 Å². The number of hydrogen-bond donors (Lipinski definition) is 13. The van der Waals surface area contributed by atoms with Crippen molar-refractivity contribution in [2.45, 2.75) is 98.2 Å². The van der Waals surface area contributed by atoms with Crippen molar-refractivity contribution in [3.05, 3.63) is 0 Å². The van der Waals surface area contributed by atoms with E-state index in [2.05, 4.69) is 15.3 Å². The van der Waals surface area contributed by atoms with Crippen LogP contribution >= 0.6 is 0 Å². The van der Waals surface area contributed by atoms with Gasteiger partial charge in [0.25, 0.3) is 0 Å². The van der Waals surface area contributed by atoms with Gasteiger partial charge in [-0.2, -0.15) is 0 Å². The van der Waals surface area contributed by atoms with Crippen LogP contribution in [0.1, 0.15) is 6.92 Å². The predicted molar refractivity (Wildman–Crippen MR) is 134 cm³/mol. The van der Waals surface area contributed by atoms with Gasteiger partial charge in [-0.1, -0.05) is 0 Å². The molecule has 2 saturated heterocycles. The van der Waals surface area contributed by atoms with Crippen molar-refractivity contribution in [1.29, 1.82) is 0 Å². The molecule has 3 rings (SSSR count). The van der Waals surface area contributed by atoms with Gasteiger partial charge < -0.3 is 88.1 Å². The summed E-state index contributed by atoms with van der Waals surface area (Å²) in [4.78, 5) is 7.66. The first-order chi connectivity index (χ1) is 18.7. The van der Waals surface area contributed by atoms with Gasteiger partial charge in [0, 0.05) is 0 Å². The highest BCUT2D eigenvalue weighted by Gasteiger charge is 2.60. The fourth-order valence-electron chi connectivity index (χ4n) is 5.17. The Hall–Kier alpha value is -1.98. The van der Waals surface area contributed by atoms with Crippen molar-refractivity contribution >= 4 is 11.9 Å². The number of guanidine groups is 2. The van der Waals surface area contributed by atoms with Crippen molar-refractivity contribution in [3.8, 4) is 0 Å². The molecule has 3 fully saturated rings. The quantitative estimate of drug-likeness (QED) is 0.0884. The Bertz CT molecular complexity index is 911. The zero-order valence-electron chi connectivity index (χ0n) is 21.9. The summed E-state index contributed by atoms with van der Waals surface area (Å²) in [5.74, 6) is -1.01. The number of ether oxygens (including phenoxy) is 4. The highest BCUT2D eigenvalue weighted by molar-refractivity contribution is 5.76. The van der Waals surface area contributed by atoms with Crippen molar-refractivity contribution in [1.82, 2.24) is 5.32 Å². The topological polar surface area (TPSA) is 340 Å². The lowest BCUT2D eigenvalue weighted by Gasteiger charge is -2.45. The molecule has 1 aliphatic carbocycles. The van der Waals surface area contributed by atoms with Crippen LogP contribution in [0.3, 0.4) is 0 Å². The minimum atomic E-state index is -2.15. The van der Waals surface area contributed by atoms with E-state index in [-0.39, 0.29) is 0 Å². The molecule has 0 unspecified atom stereocenters. The average molecular weight is 584 g/mol. The van der Waals surface area contributed by atoms with Crippen LogP contribution in [0.25, 0.3) is 0 Å². The molecule has 19 nitrogen and oxygen atoms in total. The summed E-state index contributed by atoms with van der Waals surface area (Å²) in [5, 5.41) is 87.0. The lowest BCUT2D eigenvalue weighted by atomic mass is 9.81. The van der Waals surface area contributed by atoms with Crippen LogP contribution in [-0.4, -0.2) is 164 Å². The van der Waals surface area contributed by atoms with Gasteiger partial charge in [-0.25, -0.2) is 9.98 Å². The van der Waals surface area contributed by atoms with Crippen LogP contribution in [0.4, 0.5) is 0 Å². The summed E-state index contributed by atoms with van der Waals surface area (Å²) in [7, 11) is 1.44. The van der Waals surface area contributed by atoms with Gasteiger partial charge in [0.1, 0.15) is 66.5 Å². The molecule has 2 heterocycles. The number of nitrogens with one attached hydrogen (secondary N) is 1. The Morgan fingerprint density at radius 3 is 1.95 bits per heavy atom. The van der Waals surface area contributed by atoms with Gasteiger partial charge in [-0.05, 0) is 14.0 Å². The van der Waals surface area contributed by atoms with Crippen LogP contribution in [0, 0.1) is 0 Å². The first-order valence-corrected chi connectivity index (χ1v) is 12.5. The van der Waals surface area contributed by atoms with E-state index in [1.54, 1.807) is 0 Å². The summed E-state index contributed by atoms with van der Waals surface area (Å²) in [5.41, 5.74) is 19.7. The standard InChI is InChI=1S/C21H41N7O12/c1-5-21(36,4-30)16(40-17-9(26-2)13(34)10(31)6(3-29)38-17)18(37-5)39-15-8(28-20(24)25)11(32)7(27-19(22)23)12(33)14(15)35/h5-18,26,29-36H,3-4H2,1-2H3,(H4,22,23,27)(H4,24,25,28)/t5-,6-,7-,8+,9-,10-,11-,12+,13-,14-,15-,16-,17-,18-,21+/m0/s1. The molecule has 2 aliphatic heterocycles. The van der Waals surface area contributed by atoms with E-state index in [1.165, 1.54) is 14.0 Å². The van der Waals surface area contributed by atoms with Gasteiger partial charge in [0.15, 0.2) is 24.5 Å². The highest BCUT2D eigenvalue weighted by atomic mass is 16.8. The molecular weight excluding hydrogens is 542 g/mol. The number of likely N-dealkylation sites (N-methyl/N-ethyl adjacent to an activating group) is 1. The maximum absolute atomic E-state index is 11.3. The molecule has 3 aliphatic rings. The second-order valence-corrected chi connectivity index (χ2v) is 10.0. The Morgan fingerprint density at radius 1 is 0.825 bits per heavy atom. The third-order valence-electron chi connectivity index (χ3n) is 7.49. The summed E-state index contributed by atoms with van der Waals surface area (Å²) in [6.45, 7) is -0.199. The SMILES string of the molecule is CN[C@@H]1[C@H](O[C@H]2[C@H](O[C@@H]3[C@@H](O)[C@H](O)[C@@H](N=C(N)N)[C@H](O)[C@H]3N=C(N)N)O[C@@H](C)[C@]2(O)CO)O[C@@H](CO)[C@H](O)[C@H]1O. The molecule has 0 spiro atoms. The van der Waals surface area contributed by atoms with E-state index in [9.17, 15) is 40.9 Å². The normalized spacial score (nSPS) is 47.5. The molecule has 0 aromatic heterocycles. The first-order valence-electron chi connectivity index (χ1n) is 12.5. The van der Waals surface area contributed by atoms with Gasteiger partial charge >= 0.3 is 0 Å². The van der Waals surface area contributed by atoms with Crippen molar-refractivity contribution in [2.24, 2.45) is 32.9 Å². The van der Waals surface area contributed by atoms with Crippen LogP contribution in [0.5, 0.6) is 0 Å². The summed E-state index contributed by atoms with van der Waals surface area (Å²) in [6, 6.07) is -4.00. The van der Waals surface area contributed by atoms with E-state index in [0.29, 0.717) is 0 Å². The van der Waals surface area contributed by atoms with Crippen molar-refractivity contribution < 1.29 is 59.8 Å². The molecule has 17 N–H and O–H groups in total. The third-order valence-corrected chi connectivity index (χ3v) is 7.49. The molecule has 0 bridgehead atoms. The van der Waals surface area contributed by atoms with E-state index >= 15 is 0 Å². The molecule has 0 radical (unpaired) electrons. The van der Waals surface area contributed by atoms with Crippen LogP contribution in [0.15, 0.2) is 9.98 Å². The minimum Gasteiger partial charge on any atom is -0.394 e. The number of aliphatic hydroxyl groups is 8. The number of aliphatic hydroxyl groups excluding tert-OH is 7. The van der Waals surface area contributed by atoms with Crippen LogP contribution in [-0.2, 0) is 18.9 Å². The smallest absolute Gasteiger partial charge is 0.187 e. The minimum absolute atomic E-state index is 0.493. The van der Waals surface area contributed by atoms with E-state index in [0.717, 1.165) is 0 Å². The largest absolute Gasteiger partial charge is 0.394 e. The Kier molecular flexibility index (Phi) is 10.5. The third kappa shape index (κ3) is 6.11. The highest BCUT2D eigenvalue weighted by Crippen LogP contribution is 2.39. The predicted octanol–water partition coefficient (Wildman–Crippen LogP) is -8.37. The summed E-state index contributed by atoms with van der Waals surface area (Å²) in [6.07, 6.45) is -16.9. The van der Waals surface area contributed by atoms with Crippen molar-refractivity contribution in [3.63, 3.8) is 0 Å². The molecule has 1 saturated carbocycles. The number of rotatable bonds is 9. The van der Waals surface area contributed by atoms with E-state index in [4.69, 9.17) is 41.9 Å². The Labute approximate surface area is 229 Å². The first kappa shape index (κ1) is 32.5. The maximum atomic E-state index is 11.3. The summed E-state index contributed by atoms with van der Waals surface area (Å²) >= 11 is 0. The van der Waals surface area contributed by atoms with Gasteiger partial charge in [-0.3, -0.25) is 0 Å². The maximum Gasteiger partial charge on any atom is 0.187 e. The number of nitrogens with zero attached hydrogens (tertiary/aromatic N) is 2. The zero-order valence-corrected chi connectivity index (χ0v) is 21.9. The molecule has 15 atom stereocenters. The lowest BCUT2D eigenvalue weighted by Crippen LogP contribution is -2.66. The zero-order chi connectivity index (χ0) is 30.1. The van der Waals surface area contributed by atoms with Crippen molar-refractivity contribution in [2.75, 3.05) is 20.3 Å². The van der Waals surface area contributed by atoms with Crippen LogP contribution in [0.2, 0.25) is 0 Å².